The van der Waals surface area contributed by atoms with Crippen LogP contribution in [0.4, 0.5) is 0 Å². The van der Waals surface area contributed by atoms with E-state index >= 15 is 0 Å². The maximum absolute atomic E-state index is 3.87. The zero-order valence-corrected chi connectivity index (χ0v) is 20.2. The second-order valence-electron chi connectivity index (χ2n) is 9.03. The van der Waals surface area contributed by atoms with Gasteiger partial charge in [-0.25, -0.2) is 0 Å². The molecule has 0 nitrogen and oxygen atoms in total. The van der Waals surface area contributed by atoms with Gasteiger partial charge in [0.1, 0.15) is 0 Å². The van der Waals surface area contributed by atoms with Crippen molar-refractivity contribution in [3.8, 4) is 0 Å². The third-order valence-corrected chi connectivity index (χ3v) is 11.8. The molecule has 0 N–H and O–H groups in total. The summed E-state index contributed by atoms with van der Waals surface area (Å²) in [4.78, 5) is 0. The van der Waals surface area contributed by atoms with Gasteiger partial charge in [-0.15, -0.1) is 0 Å². The Morgan fingerprint density at radius 1 is 0.679 bits per heavy atom. The summed E-state index contributed by atoms with van der Waals surface area (Å²) in [5.74, 6) is 0. The third-order valence-electron chi connectivity index (χ3n) is 6.41. The van der Waals surface area contributed by atoms with Crippen molar-refractivity contribution in [1.82, 2.24) is 0 Å². The van der Waals surface area contributed by atoms with Gasteiger partial charge in [-0.05, 0) is 0 Å². The van der Waals surface area contributed by atoms with Gasteiger partial charge in [-0.2, -0.15) is 0 Å². The van der Waals surface area contributed by atoms with E-state index in [-0.39, 0.29) is 0 Å². The van der Waals surface area contributed by atoms with Crippen LogP contribution >= 0.6 is 7.26 Å². The fraction of sp³-hybridized carbons (Fsp3) is 0.704. The Bertz CT molecular complexity index is 452. The van der Waals surface area contributed by atoms with Crippen LogP contribution in [-0.4, -0.2) is 18.5 Å². The Hall–Kier alpha value is -0.610. The Morgan fingerprint density at radius 3 is 1.68 bits per heavy atom. The van der Waals surface area contributed by atoms with E-state index in [1.54, 1.807) is 24.0 Å². The number of hydrogen-bond acceptors (Lipinski definition) is 0. The first-order valence-corrected chi connectivity index (χ1v) is 15.2. The molecule has 0 aromatic heterocycles. The van der Waals surface area contributed by atoms with Gasteiger partial charge in [0.25, 0.3) is 0 Å². The number of unbranched alkanes of at least 4 members (excludes halogenated alkanes) is 10. The minimum absolute atomic E-state index is 1.20. The standard InChI is InChI=1S/C27H49P/c1-4-7-10-13-14-20-25-28(23-18-11-8-5-2,24-19-12-9-6-3)26-27-21-16-15-17-22-27/h4,15-17,21-22,28H,1,5-14,18-20,23-26H2,2-3H3. The molecule has 1 aromatic carbocycles. The van der Waals surface area contributed by atoms with E-state index in [2.05, 4.69) is 56.8 Å². The Kier molecular flexibility index (Phi) is 15.7. The summed E-state index contributed by atoms with van der Waals surface area (Å²) in [5.41, 5.74) is 1.62. The molecule has 0 bridgehead atoms. The molecule has 162 valence electrons. The molecule has 0 amide bonds. The predicted octanol–water partition coefficient (Wildman–Crippen LogP) is 9.23. The SMILES string of the molecule is C=CCCCCCC[PH](CCCCCC)(CCCCCC)Cc1ccccc1. The number of rotatable bonds is 19. The van der Waals surface area contributed by atoms with Crippen molar-refractivity contribution in [2.75, 3.05) is 18.5 Å². The van der Waals surface area contributed by atoms with E-state index in [9.17, 15) is 0 Å². The van der Waals surface area contributed by atoms with Crippen LogP contribution in [0, 0.1) is 0 Å². The third kappa shape index (κ3) is 12.1. The molecule has 0 saturated heterocycles. The van der Waals surface area contributed by atoms with Gasteiger partial charge in [0.2, 0.25) is 0 Å². The van der Waals surface area contributed by atoms with Crippen molar-refractivity contribution < 1.29 is 0 Å². The van der Waals surface area contributed by atoms with Gasteiger partial charge < -0.3 is 0 Å². The molecule has 0 saturated carbocycles. The molecular formula is C27H49P. The first-order chi connectivity index (χ1) is 13.8. The van der Waals surface area contributed by atoms with Crippen LogP contribution < -0.4 is 0 Å². The molecule has 0 spiro atoms. The average Bonchev–Trinajstić information content (AvgIpc) is 2.72. The normalized spacial score (nSPS) is 12.2. The molecule has 1 heteroatoms. The van der Waals surface area contributed by atoms with Crippen molar-refractivity contribution in [3.63, 3.8) is 0 Å². The monoisotopic (exact) mass is 404 g/mol. The molecular weight excluding hydrogens is 355 g/mol. The maximum atomic E-state index is 3.87. The van der Waals surface area contributed by atoms with Gasteiger partial charge in [-0.3, -0.25) is 0 Å². The molecule has 0 aliphatic carbocycles. The van der Waals surface area contributed by atoms with Crippen molar-refractivity contribution >= 4 is 7.26 Å². The van der Waals surface area contributed by atoms with E-state index in [1.807, 2.05) is 0 Å². The van der Waals surface area contributed by atoms with Crippen LogP contribution in [0.25, 0.3) is 0 Å². The van der Waals surface area contributed by atoms with Gasteiger partial charge in [-0.1, -0.05) is 0 Å². The molecule has 0 aliphatic rings. The molecule has 0 fully saturated rings. The van der Waals surface area contributed by atoms with Crippen LogP contribution in [0.3, 0.4) is 0 Å². The predicted molar refractivity (Wildman–Crippen MR) is 135 cm³/mol. The van der Waals surface area contributed by atoms with Crippen LogP contribution in [0.2, 0.25) is 0 Å². The summed E-state index contributed by atoms with van der Waals surface area (Å²) in [7, 11) is -1.22. The van der Waals surface area contributed by atoms with Crippen molar-refractivity contribution in [2.45, 2.75) is 103 Å². The van der Waals surface area contributed by atoms with Gasteiger partial charge in [0, 0.05) is 0 Å². The number of benzene rings is 1. The molecule has 0 atom stereocenters. The molecule has 1 aromatic rings. The molecule has 1 rings (SSSR count). The quantitative estimate of drug-likeness (QED) is 0.122. The summed E-state index contributed by atoms with van der Waals surface area (Å²) >= 11 is 0. The zero-order valence-electron chi connectivity index (χ0n) is 19.2. The van der Waals surface area contributed by atoms with Crippen LogP contribution in [0.15, 0.2) is 43.0 Å². The van der Waals surface area contributed by atoms with E-state index in [0.717, 1.165) is 0 Å². The van der Waals surface area contributed by atoms with E-state index in [4.69, 9.17) is 0 Å². The van der Waals surface area contributed by atoms with E-state index in [0.29, 0.717) is 0 Å². The van der Waals surface area contributed by atoms with Crippen LogP contribution in [0.1, 0.15) is 103 Å². The summed E-state index contributed by atoms with van der Waals surface area (Å²) in [6.45, 7) is 8.54. The molecule has 28 heavy (non-hydrogen) atoms. The Morgan fingerprint density at radius 2 is 1.18 bits per heavy atom. The summed E-state index contributed by atoms with van der Waals surface area (Å²) < 4.78 is 0. The summed E-state index contributed by atoms with van der Waals surface area (Å²) in [5, 5.41) is 0. The second-order valence-corrected chi connectivity index (χ2v) is 13.9. The average molecular weight is 405 g/mol. The number of hydrogen-bond donors (Lipinski definition) is 0. The van der Waals surface area contributed by atoms with Crippen molar-refractivity contribution in [1.29, 1.82) is 0 Å². The fourth-order valence-electron chi connectivity index (χ4n) is 4.66. The molecule has 0 radical (unpaired) electrons. The Balaban J connectivity index is 2.73. The first kappa shape index (κ1) is 25.4. The fourth-order valence-corrected chi connectivity index (χ4v) is 10.0. The van der Waals surface area contributed by atoms with Gasteiger partial charge in [0.05, 0.1) is 0 Å². The second kappa shape index (κ2) is 17.3. The molecule has 0 aliphatic heterocycles. The van der Waals surface area contributed by atoms with Gasteiger partial charge >= 0.3 is 178 Å². The van der Waals surface area contributed by atoms with Crippen molar-refractivity contribution in [3.05, 3.63) is 48.6 Å². The van der Waals surface area contributed by atoms with Gasteiger partial charge in [0.15, 0.2) is 0 Å². The summed E-state index contributed by atoms with van der Waals surface area (Å²) in [6, 6.07) is 11.5. The van der Waals surface area contributed by atoms with E-state index in [1.165, 1.54) is 89.6 Å². The van der Waals surface area contributed by atoms with Crippen molar-refractivity contribution in [2.24, 2.45) is 0 Å². The first-order valence-electron chi connectivity index (χ1n) is 12.4. The Labute approximate surface area is 177 Å². The van der Waals surface area contributed by atoms with E-state index < -0.39 is 7.26 Å². The topological polar surface area (TPSA) is 0 Å². The summed E-state index contributed by atoms with van der Waals surface area (Å²) in [6.07, 6.45) is 26.5. The zero-order chi connectivity index (χ0) is 20.3. The molecule has 0 heterocycles. The molecule has 0 unspecified atom stereocenters. The minimum atomic E-state index is -1.22. The van der Waals surface area contributed by atoms with Crippen LogP contribution in [0.5, 0.6) is 0 Å². The van der Waals surface area contributed by atoms with Crippen LogP contribution in [-0.2, 0) is 6.16 Å². The number of allylic oxidation sites excluding steroid dienone is 1.